The molecule has 0 unspecified atom stereocenters. The normalized spacial score (nSPS) is 24.5. The van der Waals surface area contributed by atoms with Crippen LogP contribution >= 0.6 is 0 Å². The van der Waals surface area contributed by atoms with Crippen LogP contribution in [0.5, 0.6) is 0 Å². The molecule has 3 heteroatoms. The van der Waals surface area contributed by atoms with Gasteiger partial charge in [-0.25, -0.2) is 0 Å². The number of carbonyl (C=O) groups excluding carboxylic acids is 1. The Morgan fingerprint density at radius 2 is 2.28 bits per heavy atom. The Balaban J connectivity index is 1.93. The van der Waals surface area contributed by atoms with Gasteiger partial charge in [0.05, 0.1) is 11.6 Å². The smallest absolute Gasteiger partial charge is 0.256 e. The van der Waals surface area contributed by atoms with E-state index in [1.807, 2.05) is 29.2 Å². The molecule has 1 fully saturated rings. The van der Waals surface area contributed by atoms with Crippen LogP contribution in [-0.2, 0) is 0 Å². The van der Waals surface area contributed by atoms with Gasteiger partial charge in [0, 0.05) is 18.8 Å². The molecule has 2 heterocycles. The van der Waals surface area contributed by atoms with Gasteiger partial charge in [0.1, 0.15) is 0 Å². The standard InChI is InChI=1S/C15H18N2O/c1-2-5-11-8-12-9-16-14-7-4-3-6-13(14)15(18)17(12)10-11/h3-7,12,16H,2,8-10H2,1H3/b11-5-/t12-/m0/s1. The van der Waals surface area contributed by atoms with Gasteiger partial charge in [-0.05, 0) is 25.0 Å². The minimum Gasteiger partial charge on any atom is -0.382 e. The molecule has 18 heavy (non-hydrogen) atoms. The van der Waals surface area contributed by atoms with Crippen LogP contribution in [0.3, 0.4) is 0 Å². The molecule has 0 saturated carbocycles. The number of hydrogen-bond donors (Lipinski definition) is 1. The van der Waals surface area contributed by atoms with Gasteiger partial charge in [-0.2, -0.15) is 0 Å². The summed E-state index contributed by atoms with van der Waals surface area (Å²) in [5.74, 6) is 0.167. The van der Waals surface area contributed by atoms with Gasteiger partial charge in [0.25, 0.3) is 5.91 Å². The van der Waals surface area contributed by atoms with Crippen LogP contribution in [0.1, 0.15) is 30.1 Å². The third kappa shape index (κ3) is 1.80. The molecule has 1 aromatic rings. The minimum atomic E-state index is 0.167. The molecule has 0 bridgehead atoms. The van der Waals surface area contributed by atoms with Crippen LogP contribution in [0.2, 0.25) is 0 Å². The molecule has 3 nitrogen and oxygen atoms in total. The summed E-state index contributed by atoms with van der Waals surface area (Å²) >= 11 is 0. The van der Waals surface area contributed by atoms with Crippen molar-refractivity contribution in [1.82, 2.24) is 4.90 Å². The highest BCUT2D eigenvalue weighted by Crippen LogP contribution is 2.30. The van der Waals surface area contributed by atoms with Crippen LogP contribution in [-0.4, -0.2) is 29.9 Å². The van der Waals surface area contributed by atoms with E-state index in [2.05, 4.69) is 18.3 Å². The number of benzene rings is 1. The van der Waals surface area contributed by atoms with Gasteiger partial charge in [0.15, 0.2) is 0 Å². The van der Waals surface area contributed by atoms with Gasteiger partial charge in [0.2, 0.25) is 0 Å². The number of allylic oxidation sites excluding steroid dienone is 1. The Hall–Kier alpha value is -1.77. The molecule has 1 N–H and O–H groups in total. The Kier molecular flexibility index (Phi) is 2.82. The molecule has 1 amide bonds. The SMILES string of the molecule is CC/C=C1/C[C@H]2CNc3ccccc3C(=O)N2C1. The van der Waals surface area contributed by atoms with Crippen molar-refractivity contribution in [3.05, 3.63) is 41.5 Å². The summed E-state index contributed by atoms with van der Waals surface area (Å²) < 4.78 is 0. The molecule has 1 atom stereocenters. The zero-order chi connectivity index (χ0) is 12.5. The number of nitrogens with zero attached hydrogens (tertiary/aromatic N) is 1. The van der Waals surface area contributed by atoms with E-state index in [9.17, 15) is 4.79 Å². The minimum absolute atomic E-state index is 0.167. The quantitative estimate of drug-likeness (QED) is 0.768. The third-order valence-corrected chi connectivity index (χ3v) is 3.75. The van der Waals surface area contributed by atoms with E-state index in [1.54, 1.807) is 0 Å². The summed E-state index contributed by atoms with van der Waals surface area (Å²) in [7, 11) is 0. The number of anilines is 1. The lowest BCUT2D eigenvalue weighted by Crippen LogP contribution is -2.36. The topological polar surface area (TPSA) is 32.3 Å². The molecule has 0 radical (unpaired) electrons. The Morgan fingerprint density at radius 3 is 3.11 bits per heavy atom. The van der Waals surface area contributed by atoms with Crippen LogP contribution in [0.25, 0.3) is 0 Å². The molecular weight excluding hydrogens is 224 g/mol. The summed E-state index contributed by atoms with van der Waals surface area (Å²) in [6.07, 6.45) is 4.32. The average molecular weight is 242 g/mol. The summed E-state index contributed by atoms with van der Waals surface area (Å²) in [5.41, 5.74) is 3.17. The van der Waals surface area contributed by atoms with Crippen molar-refractivity contribution >= 4 is 11.6 Å². The summed E-state index contributed by atoms with van der Waals surface area (Å²) in [5, 5.41) is 3.40. The van der Waals surface area contributed by atoms with E-state index in [-0.39, 0.29) is 5.91 Å². The van der Waals surface area contributed by atoms with Crippen molar-refractivity contribution in [1.29, 1.82) is 0 Å². The summed E-state index contributed by atoms with van der Waals surface area (Å²) in [4.78, 5) is 14.5. The fraction of sp³-hybridized carbons (Fsp3) is 0.400. The number of rotatable bonds is 1. The van der Waals surface area contributed by atoms with E-state index < -0.39 is 0 Å². The van der Waals surface area contributed by atoms with Crippen LogP contribution in [0.15, 0.2) is 35.9 Å². The lowest BCUT2D eigenvalue weighted by Gasteiger charge is -2.20. The Labute approximate surface area is 107 Å². The highest BCUT2D eigenvalue weighted by atomic mass is 16.2. The summed E-state index contributed by atoms with van der Waals surface area (Å²) in [6, 6.07) is 8.10. The molecular formula is C15H18N2O. The molecule has 2 aliphatic heterocycles. The predicted molar refractivity (Wildman–Crippen MR) is 72.7 cm³/mol. The van der Waals surface area contributed by atoms with E-state index in [4.69, 9.17) is 0 Å². The first-order chi connectivity index (χ1) is 8.79. The van der Waals surface area contributed by atoms with Gasteiger partial charge in [-0.3, -0.25) is 4.79 Å². The van der Waals surface area contributed by atoms with Crippen LogP contribution in [0, 0.1) is 0 Å². The highest BCUT2D eigenvalue weighted by molar-refractivity contribution is 6.00. The molecule has 0 aliphatic carbocycles. The van der Waals surface area contributed by atoms with E-state index in [0.717, 1.165) is 37.2 Å². The largest absolute Gasteiger partial charge is 0.382 e. The fourth-order valence-electron chi connectivity index (χ4n) is 2.89. The van der Waals surface area contributed by atoms with Gasteiger partial charge >= 0.3 is 0 Å². The third-order valence-electron chi connectivity index (χ3n) is 3.75. The summed E-state index contributed by atoms with van der Waals surface area (Å²) in [6.45, 7) is 3.79. The number of amides is 1. The lowest BCUT2D eigenvalue weighted by molar-refractivity contribution is 0.0753. The molecule has 1 aromatic carbocycles. The molecule has 2 aliphatic rings. The first-order valence-corrected chi connectivity index (χ1v) is 6.61. The Bertz CT molecular complexity index is 507. The Morgan fingerprint density at radius 1 is 1.44 bits per heavy atom. The van der Waals surface area contributed by atoms with Gasteiger partial charge in [-0.15, -0.1) is 0 Å². The second kappa shape index (κ2) is 4.48. The van der Waals surface area contributed by atoms with Crippen molar-refractivity contribution in [3.8, 4) is 0 Å². The number of nitrogens with one attached hydrogen (secondary N) is 1. The first-order valence-electron chi connectivity index (χ1n) is 6.61. The molecule has 94 valence electrons. The monoisotopic (exact) mass is 242 g/mol. The average Bonchev–Trinajstić information content (AvgIpc) is 2.74. The second-order valence-corrected chi connectivity index (χ2v) is 4.99. The van der Waals surface area contributed by atoms with Crippen LogP contribution in [0.4, 0.5) is 5.69 Å². The predicted octanol–water partition coefficient (Wildman–Crippen LogP) is 2.66. The molecule has 3 rings (SSSR count). The maximum absolute atomic E-state index is 12.5. The highest BCUT2D eigenvalue weighted by Gasteiger charge is 2.34. The van der Waals surface area contributed by atoms with Gasteiger partial charge in [-0.1, -0.05) is 30.7 Å². The van der Waals surface area contributed by atoms with Crippen molar-refractivity contribution in [2.75, 3.05) is 18.4 Å². The maximum Gasteiger partial charge on any atom is 0.256 e. The van der Waals surface area contributed by atoms with Crippen molar-refractivity contribution in [2.24, 2.45) is 0 Å². The van der Waals surface area contributed by atoms with Crippen molar-refractivity contribution in [3.63, 3.8) is 0 Å². The second-order valence-electron chi connectivity index (χ2n) is 4.99. The van der Waals surface area contributed by atoms with Crippen molar-refractivity contribution < 1.29 is 4.79 Å². The number of hydrogen-bond acceptors (Lipinski definition) is 2. The van der Waals surface area contributed by atoms with Crippen molar-refractivity contribution in [2.45, 2.75) is 25.8 Å². The number of fused-ring (bicyclic) bond motifs is 2. The molecule has 1 saturated heterocycles. The van der Waals surface area contributed by atoms with Crippen LogP contribution < -0.4 is 5.32 Å². The maximum atomic E-state index is 12.5. The lowest BCUT2D eigenvalue weighted by atomic mass is 10.1. The first kappa shape index (κ1) is 11.3. The number of para-hydroxylation sites is 1. The fourth-order valence-corrected chi connectivity index (χ4v) is 2.89. The molecule has 0 aromatic heterocycles. The van der Waals surface area contributed by atoms with Gasteiger partial charge < -0.3 is 10.2 Å². The van der Waals surface area contributed by atoms with E-state index in [0.29, 0.717) is 6.04 Å². The number of carbonyl (C=O) groups is 1. The zero-order valence-corrected chi connectivity index (χ0v) is 10.6. The van der Waals surface area contributed by atoms with E-state index in [1.165, 1.54) is 5.57 Å². The van der Waals surface area contributed by atoms with E-state index >= 15 is 0 Å². The zero-order valence-electron chi connectivity index (χ0n) is 10.6. The molecule has 0 spiro atoms.